The Morgan fingerprint density at radius 2 is 2.04 bits per heavy atom. The summed E-state index contributed by atoms with van der Waals surface area (Å²) in [7, 11) is 0. The number of halogens is 2. The van der Waals surface area contributed by atoms with E-state index in [1.165, 1.54) is 0 Å². The van der Waals surface area contributed by atoms with Crippen LogP contribution >= 0.6 is 0 Å². The molecule has 25 heavy (non-hydrogen) atoms. The summed E-state index contributed by atoms with van der Waals surface area (Å²) in [6, 6.07) is 1.17. The van der Waals surface area contributed by atoms with Crippen LogP contribution in [0.4, 0.5) is 19.3 Å². The van der Waals surface area contributed by atoms with Gasteiger partial charge in [0.05, 0.1) is 11.3 Å². The van der Waals surface area contributed by atoms with Crippen molar-refractivity contribution in [1.29, 1.82) is 0 Å². The van der Waals surface area contributed by atoms with Gasteiger partial charge in [0, 0.05) is 25.2 Å². The quantitative estimate of drug-likeness (QED) is 0.771. The zero-order valence-electron chi connectivity index (χ0n) is 13.9. The predicted molar refractivity (Wildman–Crippen MR) is 89.4 cm³/mol. The number of benzene rings is 1. The van der Waals surface area contributed by atoms with Crippen molar-refractivity contribution in [1.82, 2.24) is 10.6 Å². The Bertz CT molecular complexity index is 683. The molecular weight excluding hydrogens is 330 g/mol. The zero-order valence-corrected chi connectivity index (χ0v) is 13.9. The number of urea groups is 1. The second-order valence-corrected chi connectivity index (χ2v) is 6.53. The van der Waals surface area contributed by atoms with Gasteiger partial charge in [-0.25, -0.2) is 13.6 Å². The molecule has 2 fully saturated rings. The molecule has 1 aromatic rings. The van der Waals surface area contributed by atoms with Crippen LogP contribution in [0.3, 0.4) is 0 Å². The predicted octanol–water partition coefficient (Wildman–Crippen LogP) is 1.74. The van der Waals surface area contributed by atoms with Gasteiger partial charge in [-0.05, 0) is 31.4 Å². The smallest absolute Gasteiger partial charge is 0.322 e. The topological polar surface area (TPSA) is 87.5 Å². The first-order valence-corrected chi connectivity index (χ1v) is 8.56. The fourth-order valence-electron chi connectivity index (χ4n) is 3.55. The Labute approximate surface area is 144 Å². The lowest BCUT2D eigenvalue weighted by atomic mass is 9.84. The second kappa shape index (κ2) is 7.35. The first kappa shape index (κ1) is 17.6. The van der Waals surface area contributed by atoms with Crippen molar-refractivity contribution < 1.29 is 18.4 Å². The minimum absolute atomic E-state index is 0.0967. The van der Waals surface area contributed by atoms with Crippen LogP contribution in [0.25, 0.3) is 0 Å². The Morgan fingerprint density at radius 3 is 2.72 bits per heavy atom. The minimum atomic E-state index is -0.946. The number of anilines is 1. The molecule has 136 valence electrons. The number of nitrogens with one attached hydrogen (secondary N) is 2. The number of nitrogens with zero attached hydrogens (tertiary/aromatic N) is 1. The molecule has 0 radical (unpaired) electrons. The minimum Gasteiger partial charge on any atom is -0.349 e. The molecule has 1 saturated heterocycles. The van der Waals surface area contributed by atoms with Gasteiger partial charge in [0.1, 0.15) is 11.6 Å². The van der Waals surface area contributed by atoms with Crippen LogP contribution < -0.4 is 21.3 Å². The molecule has 2 aliphatic rings. The van der Waals surface area contributed by atoms with E-state index in [1.54, 1.807) is 0 Å². The van der Waals surface area contributed by atoms with E-state index in [1.807, 2.05) is 0 Å². The first-order valence-electron chi connectivity index (χ1n) is 8.56. The largest absolute Gasteiger partial charge is 0.349 e. The van der Waals surface area contributed by atoms with Gasteiger partial charge in [0.25, 0.3) is 5.91 Å². The van der Waals surface area contributed by atoms with Crippen molar-refractivity contribution in [2.45, 2.75) is 31.7 Å². The van der Waals surface area contributed by atoms with Crippen LogP contribution in [0.2, 0.25) is 0 Å². The Hall–Kier alpha value is -2.22. The van der Waals surface area contributed by atoms with Crippen LogP contribution in [0.5, 0.6) is 0 Å². The molecule has 0 spiro atoms. The maximum absolute atomic E-state index is 14.2. The number of amides is 3. The average Bonchev–Trinajstić information content (AvgIpc) is 3.01. The normalized spacial score (nSPS) is 23.5. The van der Waals surface area contributed by atoms with Crippen molar-refractivity contribution >= 4 is 17.6 Å². The lowest BCUT2D eigenvalue weighted by Crippen LogP contribution is -2.45. The third-order valence-corrected chi connectivity index (χ3v) is 4.96. The van der Waals surface area contributed by atoms with Gasteiger partial charge in [0.15, 0.2) is 0 Å². The second-order valence-electron chi connectivity index (χ2n) is 6.53. The third-order valence-electron chi connectivity index (χ3n) is 4.96. The van der Waals surface area contributed by atoms with Crippen LogP contribution in [0.15, 0.2) is 12.1 Å². The highest BCUT2D eigenvalue weighted by molar-refractivity contribution is 5.99. The summed E-state index contributed by atoms with van der Waals surface area (Å²) in [6.07, 6.45) is 3.75. The molecule has 4 N–H and O–H groups in total. The van der Waals surface area contributed by atoms with Gasteiger partial charge in [-0.1, -0.05) is 12.8 Å². The van der Waals surface area contributed by atoms with Gasteiger partial charge in [-0.3, -0.25) is 9.69 Å². The van der Waals surface area contributed by atoms with E-state index < -0.39 is 23.6 Å². The fraction of sp³-hybridized carbons (Fsp3) is 0.529. The van der Waals surface area contributed by atoms with Gasteiger partial charge in [0.2, 0.25) is 0 Å². The van der Waals surface area contributed by atoms with E-state index in [0.29, 0.717) is 19.2 Å². The summed E-state index contributed by atoms with van der Waals surface area (Å²) < 4.78 is 28.2. The average molecular weight is 352 g/mol. The molecule has 0 aromatic heterocycles. The molecule has 1 aromatic carbocycles. The molecule has 1 saturated carbocycles. The van der Waals surface area contributed by atoms with Crippen molar-refractivity contribution in [3.63, 3.8) is 0 Å². The van der Waals surface area contributed by atoms with Crippen molar-refractivity contribution in [2.75, 3.05) is 24.5 Å². The maximum atomic E-state index is 14.2. The van der Waals surface area contributed by atoms with E-state index in [9.17, 15) is 18.4 Å². The molecule has 2 atom stereocenters. The van der Waals surface area contributed by atoms with Gasteiger partial charge in [-0.15, -0.1) is 0 Å². The number of carbonyl (C=O) groups excluding carboxylic acids is 2. The van der Waals surface area contributed by atoms with E-state index in [-0.39, 0.29) is 29.8 Å². The van der Waals surface area contributed by atoms with Crippen LogP contribution in [0, 0.1) is 17.6 Å². The highest BCUT2D eigenvalue weighted by Gasteiger charge is 2.29. The first-order chi connectivity index (χ1) is 12.0. The summed E-state index contributed by atoms with van der Waals surface area (Å²) in [5, 5.41) is 5.37. The van der Waals surface area contributed by atoms with Crippen LogP contribution in [-0.4, -0.2) is 37.6 Å². The Balaban J connectivity index is 1.83. The van der Waals surface area contributed by atoms with Crippen molar-refractivity contribution in [2.24, 2.45) is 11.7 Å². The van der Waals surface area contributed by atoms with Crippen LogP contribution in [0.1, 0.15) is 36.0 Å². The lowest BCUT2D eigenvalue weighted by Gasteiger charge is -2.31. The number of nitrogens with two attached hydrogens (primary N) is 1. The third kappa shape index (κ3) is 3.58. The monoisotopic (exact) mass is 352 g/mol. The molecule has 1 aliphatic heterocycles. The molecule has 6 nitrogen and oxygen atoms in total. The highest BCUT2D eigenvalue weighted by Crippen LogP contribution is 2.27. The molecule has 3 amide bonds. The molecule has 8 heteroatoms. The number of hydrogen-bond donors (Lipinski definition) is 3. The summed E-state index contributed by atoms with van der Waals surface area (Å²) in [6.45, 7) is 1.09. The summed E-state index contributed by atoms with van der Waals surface area (Å²) in [4.78, 5) is 25.4. The summed E-state index contributed by atoms with van der Waals surface area (Å²) >= 11 is 0. The SMILES string of the molecule is NC[C@@H]1CCCC[C@@H]1NC(=O)c1cc(N2CCNC2=O)c(F)cc1F. The maximum Gasteiger partial charge on any atom is 0.322 e. The van der Waals surface area contributed by atoms with E-state index in [4.69, 9.17) is 5.73 Å². The molecule has 0 unspecified atom stereocenters. The van der Waals surface area contributed by atoms with Gasteiger partial charge >= 0.3 is 6.03 Å². The number of hydrogen-bond acceptors (Lipinski definition) is 3. The zero-order chi connectivity index (χ0) is 18.0. The van der Waals surface area contributed by atoms with Gasteiger partial charge < -0.3 is 16.4 Å². The molecule has 1 heterocycles. The molecular formula is C17H22F2N4O2. The lowest BCUT2D eigenvalue weighted by molar-refractivity contribution is 0.0904. The molecule has 1 aliphatic carbocycles. The number of carbonyl (C=O) groups is 2. The van der Waals surface area contributed by atoms with Crippen molar-refractivity contribution in [3.8, 4) is 0 Å². The Kier molecular flexibility index (Phi) is 5.17. The highest BCUT2D eigenvalue weighted by atomic mass is 19.1. The summed E-state index contributed by atoms with van der Waals surface area (Å²) in [5.74, 6) is -2.27. The van der Waals surface area contributed by atoms with E-state index in [2.05, 4.69) is 10.6 Å². The van der Waals surface area contributed by atoms with Crippen molar-refractivity contribution in [3.05, 3.63) is 29.3 Å². The fourth-order valence-corrected chi connectivity index (χ4v) is 3.55. The number of rotatable bonds is 4. The van der Waals surface area contributed by atoms with Gasteiger partial charge in [-0.2, -0.15) is 0 Å². The van der Waals surface area contributed by atoms with E-state index >= 15 is 0 Å². The van der Waals surface area contributed by atoms with E-state index in [0.717, 1.165) is 36.6 Å². The Morgan fingerprint density at radius 1 is 1.28 bits per heavy atom. The summed E-state index contributed by atoms with van der Waals surface area (Å²) in [5.41, 5.74) is 5.39. The molecule has 0 bridgehead atoms. The standard InChI is InChI=1S/C17H22F2N4O2/c18-12-8-13(19)15(23-6-5-21-17(23)25)7-11(12)16(24)22-14-4-2-1-3-10(14)9-20/h7-8,10,14H,1-6,9,20H2,(H,21,25)(H,22,24)/t10-,14-/m0/s1. The molecule has 3 rings (SSSR count). The van der Waals surface area contributed by atoms with Crippen LogP contribution in [-0.2, 0) is 0 Å².